The van der Waals surface area contributed by atoms with Gasteiger partial charge in [-0.1, -0.05) is 5.16 Å². The highest BCUT2D eigenvalue weighted by Crippen LogP contribution is 2.30. The molecule has 0 atom stereocenters. The smallest absolute Gasteiger partial charge is 0.280 e. The molecular weight excluding hydrogens is 323 g/mol. The van der Waals surface area contributed by atoms with E-state index in [4.69, 9.17) is 4.52 Å². The number of alkyl halides is 1. The predicted octanol–water partition coefficient (Wildman–Crippen LogP) is 2.29. The zero-order valence-electron chi connectivity index (χ0n) is 13.3. The minimum Gasteiger partial charge on any atom is -0.356 e. The van der Waals surface area contributed by atoms with Gasteiger partial charge in [0, 0.05) is 18.7 Å². The Labute approximate surface area is 133 Å². The second-order valence-corrected chi connectivity index (χ2v) is 7.81. The van der Waals surface area contributed by atoms with Crippen molar-refractivity contribution in [3.8, 4) is 0 Å². The molecule has 126 valence electrons. The molecule has 0 fully saturated rings. The fourth-order valence-electron chi connectivity index (χ4n) is 2.78. The van der Waals surface area contributed by atoms with Crippen molar-refractivity contribution < 1.29 is 17.3 Å². The highest BCUT2D eigenvalue weighted by Gasteiger charge is 2.30. The van der Waals surface area contributed by atoms with Gasteiger partial charge in [-0.15, -0.1) is 0 Å². The lowest BCUT2D eigenvalue weighted by Gasteiger charge is -2.11. The van der Waals surface area contributed by atoms with Gasteiger partial charge in [0.2, 0.25) is 0 Å². The van der Waals surface area contributed by atoms with Crippen LogP contribution < -0.4 is 4.72 Å². The third-order valence-corrected chi connectivity index (χ3v) is 5.35. The molecule has 1 aliphatic carbocycles. The van der Waals surface area contributed by atoms with E-state index in [-0.39, 0.29) is 16.6 Å². The number of hydrogen-bond acceptors (Lipinski definition) is 5. The van der Waals surface area contributed by atoms with E-state index in [1.807, 2.05) is 0 Å². The van der Waals surface area contributed by atoms with E-state index >= 15 is 0 Å². The van der Waals surface area contributed by atoms with E-state index in [1.165, 1.54) is 24.6 Å². The summed E-state index contributed by atoms with van der Waals surface area (Å²) in [5, 5.41) is 8.02. The maximum atomic E-state index is 13.8. The van der Waals surface area contributed by atoms with Gasteiger partial charge < -0.3 is 4.52 Å². The monoisotopic (exact) mass is 342 g/mol. The molecule has 1 N–H and O–H groups in total. The normalized spacial score (nSPS) is 15.5. The lowest BCUT2D eigenvalue weighted by atomic mass is 9.99. The number of fused-ring (bicyclic) bond motifs is 1. The molecule has 0 amide bonds. The van der Waals surface area contributed by atoms with Crippen LogP contribution in [-0.2, 0) is 35.6 Å². The first-order valence-corrected chi connectivity index (χ1v) is 8.90. The summed E-state index contributed by atoms with van der Waals surface area (Å²) in [6.45, 7) is 2.62. The molecule has 3 rings (SSSR count). The SMILES string of the molecule is Cn1nc2c(c1S(=O)(=O)Nc1cc(C(C)(C)F)on1)CCCC2. The van der Waals surface area contributed by atoms with Crippen molar-refractivity contribution in [1.82, 2.24) is 14.9 Å². The Bertz CT molecular complexity index is 833. The molecule has 0 bridgehead atoms. The van der Waals surface area contributed by atoms with E-state index in [2.05, 4.69) is 15.0 Å². The van der Waals surface area contributed by atoms with Gasteiger partial charge in [0.15, 0.2) is 22.3 Å². The standard InChI is InChI=1S/C14H19FN4O3S/c1-14(2,15)11-8-12(17-22-11)18-23(20,21)13-9-6-4-5-7-10(9)16-19(13)3/h8H,4-7H2,1-3H3,(H,17,18). The minimum atomic E-state index is -3.87. The Morgan fingerprint density at radius 2 is 2.04 bits per heavy atom. The molecule has 0 unspecified atom stereocenters. The van der Waals surface area contributed by atoms with E-state index in [9.17, 15) is 12.8 Å². The molecule has 2 heterocycles. The number of nitrogens with one attached hydrogen (secondary N) is 1. The Balaban J connectivity index is 1.94. The number of aromatic nitrogens is 3. The minimum absolute atomic E-state index is 0.0396. The van der Waals surface area contributed by atoms with Crippen LogP contribution in [0.15, 0.2) is 15.6 Å². The summed E-state index contributed by atoms with van der Waals surface area (Å²) in [6.07, 6.45) is 3.41. The van der Waals surface area contributed by atoms with Crippen molar-refractivity contribution in [2.45, 2.75) is 50.2 Å². The third kappa shape index (κ3) is 2.97. The van der Waals surface area contributed by atoms with Crippen LogP contribution in [0, 0.1) is 0 Å². The lowest BCUT2D eigenvalue weighted by Crippen LogP contribution is -2.19. The average Bonchev–Trinajstić information content (AvgIpc) is 3.00. The molecular formula is C14H19FN4O3S. The van der Waals surface area contributed by atoms with Crippen LogP contribution in [0.4, 0.5) is 10.2 Å². The van der Waals surface area contributed by atoms with Crippen molar-refractivity contribution in [1.29, 1.82) is 0 Å². The zero-order chi connectivity index (χ0) is 16.8. The number of anilines is 1. The second-order valence-electron chi connectivity index (χ2n) is 6.22. The molecule has 0 saturated carbocycles. The Kier molecular flexibility index (Phi) is 3.70. The highest BCUT2D eigenvalue weighted by atomic mass is 32.2. The van der Waals surface area contributed by atoms with Crippen molar-refractivity contribution in [2.24, 2.45) is 7.05 Å². The summed E-state index contributed by atoms with van der Waals surface area (Å²) < 4.78 is 47.7. The maximum absolute atomic E-state index is 13.8. The van der Waals surface area contributed by atoms with Crippen molar-refractivity contribution in [3.63, 3.8) is 0 Å². The molecule has 9 heteroatoms. The van der Waals surface area contributed by atoms with Crippen LogP contribution >= 0.6 is 0 Å². The van der Waals surface area contributed by atoms with E-state index < -0.39 is 15.7 Å². The number of sulfonamides is 1. The van der Waals surface area contributed by atoms with Crippen LogP contribution in [0.1, 0.15) is 43.7 Å². The molecule has 0 radical (unpaired) electrons. The lowest BCUT2D eigenvalue weighted by molar-refractivity contribution is 0.163. The van der Waals surface area contributed by atoms with Crippen molar-refractivity contribution in [3.05, 3.63) is 23.1 Å². The summed E-state index contributed by atoms with van der Waals surface area (Å²) in [5.41, 5.74) is -0.159. The van der Waals surface area contributed by atoms with Gasteiger partial charge in [0.25, 0.3) is 10.0 Å². The van der Waals surface area contributed by atoms with Crippen LogP contribution in [0.25, 0.3) is 0 Å². The number of aryl methyl sites for hydroxylation is 2. The number of halogens is 1. The summed E-state index contributed by atoms with van der Waals surface area (Å²) in [5.74, 6) is -0.0845. The van der Waals surface area contributed by atoms with Crippen molar-refractivity contribution >= 4 is 15.8 Å². The Morgan fingerprint density at radius 1 is 1.35 bits per heavy atom. The van der Waals surface area contributed by atoms with Gasteiger partial charge in [0.1, 0.15) is 0 Å². The number of hydrogen-bond donors (Lipinski definition) is 1. The maximum Gasteiger partial charge on any atom is 0.280 e. The fraction of sp³-hybridized carbons (Fsp3) is 0.571. The molecule has 0 aliphatic heterocycles. The summed E-state index contributed by atoms with van der Waals surface area (Å²) in [7, 11) is -2.27. The van der Waals surface area contributed by atoms with E-state index in [0.29, 0.717) is 6.42 Å². The third-order valence-electron chi connectivity index (χ3n) is 3.85. The molecule has 7 nitrogen and oxygen atoms in total. The molecule has 23 heavy (non-hydrogen) atoms. The fourth-order valence-corrected chi connectivity index (χ4v) is 4.18. The van der Waals surface area contributed by atoms with Gasteiger partial charge >= 0.3 is 0 Å². The quantitative estimate of drug-likeness (QED) is 0.921. The van der Waals surface area contributed by atoms with Gasteiger partial charge in [-0.2, -0.15) is 13.5 Å². The molecule has 1 aliphatic rings. The van der Waals surface area contributed by atoms with Crippen LogP contribution in [0.3, 0.4) is 0 Å². The molecule has 0 spiro atoms. The van der Waals surface area contributed by atoms with Crippen LogP contribution in [0.2, 0.25) is 0 Å². The van der Waals surface area contributed by atoms with Gasteiger partial charge in [-0.25, -0.2) is 4.39 Å². The second kappa shape index (κ2) is 5.33. The highest BCUT2D eigenvalue weighted by molar-refractivity contribution is 7.92. The summed E-state index contributed by atoms with van der Waals surface area (Å²) >= 11 is 0. The Hall–Kier alpha value is -1.90. The zero-order valence-corrected chi connectivity index (χ0v) is 14.1. The first kappa shape index (κ1) is 16.0. The molecule has 2 aromatic heterocycles. The average molecular weight is 342 g/mol. The van der Waals surface area contributed by atoms with E-state index in [0.717, 1.165) is 30.5 Å². The topological polar surface area (TPSA) is 90.0 Å². The van der Waals surface area contributed by atoms with Crippen LogP contribution in [0.5, 0.6) is 0 Å². The van der Waals surface area contributed by atoms with Crippen molar-refractivity contribution in [2.75, 3.05) is 4.72 Å². The first-order chi connectivity index (χ1) is 10.7. The largest absolute Gasteiger partial charge is 0.356 e. The summed E-state index contributed by atoms with van der Waals surface area (Å²) in [4.78, 5) is 0. The van der Waals surface area contributed by atoms with Crippen LogP contribution in [-0.4, -0.2) is 23.4 Å². The first-order valence-electron chi connectivity index (χ1n) is 7.42. The predicted molar refractivity (Wildman–Crippen MR) is 81.3 cm³/mol. The van der Waals surface area contributed by atoms with Gasteiger partial charge in [-0.05, 0) is 39.5 Å². The Morgan fingerprint density at radius 3 is 2.70 bits per heavy atom. The number of rotatable bonds is 4. The van der Waals surface area contributed by atoms with E-state index in [1.54, 1.807) is 7.05 Å². The molecule has 2 aromatic rings. The molecule has 0 aromatic carbocycles. The van der Waals surface area contributed by atoms with Gasteiger partial charge in [-0.3, -0.25) is 9.40 Å². The number of nitrogens with zero attached hydrogens (tertiary/aromatic N) is 3. The molecule has 0 saturated heterocycles. The van der Waals surface area contributed by atoms with Gasteiger partial charge in [0.05, 0.1) is 5.69 Å². The summed E-state index contributed by atoms with van der Waals surface area (Å²) in [6, 6.07) is 1.25.